The highest BCUT2D eigenvalue weighted by Crippen LogP contribution is 2.40. The van der Waals surface area contributed by atoms with Crippen LogP contribution in [0.25, 0.3) is 0 Å². The second kappa shape index (κ2) is 4.42. The Labute approximate surface area is 93.7 Å². The normalized spacial score (nSPS) is 30.8. The first kappa shape index (κ1) is 11.4. The van der Waals surface area contributed by atoms with Gasteiger partial charge in [0.1, 0.15) is 0 Å². The van der Waals surface area contributed by atoms with Gasteiger partial charge in [-0.15, -0.1) is 0 Å². The van der Waals surface area contributed by atoms with Crippen LogP contribution in [0.1, 0.15) is 58.8 Å². The van der Waals surface area contributed by atoms with Gasteiger partial charge in [-0.3, -0.25) is 4.90 Å². The van der Waals surface area contributed by atoms with Gasteiger partial charge >= 0.3 is 0 Å². The molecule has 1 heterocycles. The molecule has 2 nitrogen and oxygen atoms in total. The van der Waals surface area contributed by atoms with Gasteiger partial charge in [-0.05, 0) is 58.9 Å². The van der Waals surface area contributed by atoms with Crippen molar-refractivity contribution in [3.05, 3.63) is 0 Å². The van der Waals surface area contributed by atoms with Crippen LogP contribution in [-0.2, 0) is 0 Å². The Bertz CT molecular complexity index is 211. The van der Waals surface area contributed by atoms with Crippen LogP contribution in [0.4, 0.5) is 0 Å². The van der Waals surface area contributed by atoms with Gasteiger partial charge in [-0.25, -0.2) is 0 Å². The first-order valence-corrected chi connectivity index (χ1v) is 6.59. The van der Waals surface area contributed by atoms with Crippen LogP contribution < -0.4 is 0 Å². The number of aliphatic hydroxyl groups is 1. The minimum atomic E-state index is -0.250. The molecule has 15 heavy (non-hydrogen) atoms. The van der Waals surface area contributed by atoms with Gasteiger partial charge in [0.15, 0.2) is 0 Å². The summed E-state index contributed by atoms with van der Waals surface area (Å²) < 4.78 is 0. The van der Waals surface area contributed by atoms with E-state index in [2.05, 4.69) is 18.7 Å². The molecule has 1 aliphatic carbocycles. The van der Waals surface area contributed by atoms with Crippen LogP contribution in [0.3, 0.4) is 0 Å². The number of hydrogen-bond donors (Lipinski definition) is 1. The predicted octanol–water partition coefficient (Wildman–Crippen LogP) is 2.55. The van der Waals surface area contributed by atoms with E-state index in [1.807, 2.05) is 0 Å². The topological polar surface area (TPSA) is 23.5 Å². The van der Waals surface area contributed by atoms with Gasteiger partial charge in [-0.2, -0.15) is 0 Å². The van der Waals surface area contributed by atoms with Gasteiger partial charge in [0.05, 0.1) is 5.60 Å². The van der Waals surface area contributed by atoms with E-state index < -0.39 is 0 Å². The summed E-state index contributed by atoms with van der Waals surface area (Å²) >= 11 is 0. The Kier molecular flexibility index (Phi) is 3.36. The van der Waals surface area contributed by atoms with E-state index in [9.17, 15) is 5.11 Å². The average Bonchev–Trinajstić information content (AvgIpc) is 2.95. The quantitative estimate of drug-likeness (QED) is 0.772. The molecule has 0 radical (unpaired) electrons. The summed E-state index contributed by atoms with van der Waals surface area (Å²) in [6, 6.07) is 1.41. The van der Waals surface area contributed by atoms with Crippen LogP contribution in [0.5, 0.6) is 0 Å². The molecule has 0 bridgehead atoms. The highest BCUT2D eigenvalue weighted by Gasteiger charge is 2.40. The molecule has 88 valence electrons. The zero-order chi connectivity index (χ0) is 10.9. The fourth-order valence-electron chi connectivity index (χ4n) is 2.84. The van der Waals surface area contributed by atoms with Gasteiger partial charge in [0, 0.05) is 12.1 Å². The summed E-state index contributed by atoms with van der Waals surface area (Å²) in [5, 5.41) is 9.87. The lowest BCUT2D eigenvalue weighted by Gasteiger charge is -2.39. The fourth-order valence-corrected chi connectivity index (χ4v) is 2.84. The minimum Gasteiger partial charge on any atom is -0.390 e. The lowest BCUT2D eigenvalue weighted by Crippen LogP contribution is -2.44. The molecule has 1 saturated heterocycles. The van der Waals surface area contributed by atoms with Gasteiger partial charge < -0.3 is 5.11 Å². The second-order valence-corrected chi connectivity index (χ2v) is 5.74. The van der Waals surface area contributed by atoms with Crippen LogP contribution >= 0.6 is 0 Å². The zero-order valence-corrected chi connectivity index (χ0v) is 10.2. The Hall–Kier alpha value is -0.0800. The van der Waals surface area contributed by atoms with Crippen molar-refractivity contribution < 1.29 is 5.11 Å². The lowest BCUT2D eigenvalue weighted by molar-refractivity contribution is 0.0771. The molecule has 1 aliphatic heterocycles. The minimum absolute atomic E-state index is 0.250. The van der Waals surface area contributed by atoms with Crippen molar-refractivity contribution in [3.63, 3.8) is 0 Å². The number of piperidine rings is 1. The van der Waals surface area contributed by atoms with E-state index >= 15 is 0 Å². The molecule has 1 N–H and O–H groups in total. The highest BCUT2D eigenvalue weighted by molar-refractivity contribution is 4.94. The van der Waals surface area contributed by atoms with Gasteiger partial charge in [-0.1, -0.05) is 6.42 Å². The summed E-state index contributed by atoms with van der Waals surface area (Å²) in [5.41, 5.74) is -0.250. The van der Waals surface area contributed by atoms with Crippen molar-refractivity contribution in [3.8, 4) is 0 Å². The van der Waals surface area contributed by atoms with E-state index in [1.54, 1.807) is 0 Å². The van der Waals surface area contributed by atoms with Gasteiger partial charge in [0.2, 0.25) is 0 Å². The summed E-state index contributed by atoms with van der Waals surface area (Å²) in [4.78, 5) is 2.63. The number of rotatable bonds is 4. The first-order valence-electron chi connectivity index (χ1n) is 6.59. The third-order valence-electron chi connectivity index (χ3n) is 4.11. The van der Waals surface area contributed by atoms with E-state index in [0.29, 0.717) is 6.04 Å². The molecule has 2 heteroatoms. The average molecular weight is 211 g/mol. The SMILES string of the molecule is CC(C)N1CCCCC1CCC1(O)CC1. The molecule has 2 aliphatic rings. The first-order chi connectivity index (χ1) is 7.11. The zero-order valence-electron chi connectivity index (χ0n) is 10.2. The van der Waals surface area contributed by atoms with Crippen molar-refractivity contribution >= 4 is 0 Å². The molecule has 2 fully saturated rings. The van der Waals surface area contributed by atoms with E-state index in [1.165, 1.54) is 32.2 Å². The van der Waals surface area contributed by atoms with Crippen LogP contribution in [-0.4, -0.2) is 34.2 Å². The smallest absolute Gasteiger partial charge is 0.0650 e. The Balaban J connectivity index is 1.81. The Morgan fingerprint density at radius 2 is 2.07 bits per heavy atom. The van der Waals surface area contributed by atoms with Crippen molar-refractivity contribution in [1.82, 2.24) is 4.90 Å². The molecule has 0 aromatic rings. The maximum absolute atomic E-state index is 9.87. The maximum Gasteiger partial charge on any atom is 0.0650 e. The summed E-state index contributed by atoms with van der Waals surface area (Å²) in [6.45, 7) is 5.86. The van der Waals surface area contributed by atoms with Crippen LogP contribution in [0, 0.1) is 0 Å². The summed E-state index contributed by atoms with van der Waals surface area (Å²) in [6.07, 6.45) is 8.40. The predicted molar refractivity (Wildman–Crippen MR) is 62.9 cm³/mol. The molecule has 1 unspecified atom stereocenters. The third kappa shape index (κ3) is 2.94. The molecular weight excluding hydrogens is 186 g/mol. The van der Waals surface area contributed by atoms with E-state index in [-0.39, 0.29) is 5.60 Å². The Morgan fingerprint density at radius 3 is 2.67 bits per heavy atom. The molecule has 0 spiro atoms. The van der Waals surface area contributed by atoms with E-state index in [0.717, 1.165) is 25.3 Å². The second-order valence-electron chi connectivity index (χ2n) is 5.74. The van der Waals surface area contributed by atoms with E-state index in [4.69, 9.17) is 0 Å². The number of nitrogens with zero attached hydrogens (tertiary/aromatic N) is 1. The third-order valence-corrected chi connectivity index (χ3v) is 4.11. The van der Waals surface area contributed by atoms with Gasteiger partial charge in [0.25, 0.3) is 0 Å². The monoisotopic (exact) mass is 211 g/mol. The van der Waals surface area contributed by atoms with Crippen LogP contribution in [0.15, 0.2) is 0 Å². The molecule has 1 atom stereocenters. The van der Waals surface area contributed by atoms with Crippen molar-refractivity contribution in [2.45, 2.75) is 76.5 Å². The van der Waals surface area contributed by atoms with Crippen LogP contribution in [0.2, 0.25) is 0 Å². The molecule has 1 saturated carbocycles. The van der Waals surface area contributed by atoms with Crippen molar-refractivity contribution in [2.24, 2.45) is 0 Å². The highest BCUT2D eigenvalue weighted by atomic mass is 16.3. The maximum atomic E-state index is 9.87. The number of likely N-dealkylation sites (tertiary alicyclic amines) is 1. The molecule has 0 aromatic heterocycles. The largest absolute Gasteiger partial charge is 0.390 e. The molecule has 0 aromatic carbocycles. The van der Waals surface area contributed by atoms with Crippen molar-refractivity contribution in [2.75, 3.05) is 6.54 Å². The molecule has 0 amide bonds. The number of hydrogen-bond acceptors (Lipinski definition) is 2. The summed E-state index contributed by atoms with van der Waals surface area (Å²) in [5.74, 6) is 0. The van der Waals surface area contributed by atoms with Crippen molar-refractivity contribution in [1.29, 1.82) is 0 Å². The Morgan fingerprint density at radius 1 is 1.33 bits per heavy atom. The fraction of sp³-hybridized carbons (Fsp3) is 1.00. The standard InChI is InChI=1S/C13H25NO/c1-11(2)14-10-4-3-5-12(14)6-7-13(15)8-9-13/h11-12,15H,3-10H2,1-2H3. The molecular formula is C13H25NO. The lowest BCUT2D eigenvalue weighted by atomic mass is 9.95. The summed E-state index contributed by atoms with van der Waals surface area (Å²) in [7, 11) is 0. The molecule has 2 rings (SSSR count).